The molecule has 0 aliphatic carbocycles. The summed E-state index contributed by atoms with van der Waals surface area (Å²) in [6.45, 7) is 3.51. The first-order chi connectivity index (χ1) is 13.4. The number of amides is 4. The molecule has 7 nitrogen and oxygen atoms in total. The van der Waals surface area contributed by atoms with Crippen LogP contribution >= 0.6 is 15.9 Å². The van der Waals surface area contributed by atoms with Crippen molar-refractivity contribution < 1.29 is 19.1 Å². The van der Waals surface area contributed by atoms with Crippen molar-refractivity contribution in [1.29, 1.82) is 0 Å². The van der Waals surface area contributed by atoms with Crippen molar-refractivity contribution in [3.8, 4) is 5.75 Å². The second-order valence-electron chi connectivity index (χ2n) is 6.40. The maximum Gasteiger partial charge on any atom is 0.325 e. The van der Waals surface area contributed by atoms with Crippen LogP contribution in [0.5, 0.6) is 5.75 Å². The molecule has 0 aromatic heterocycles. The van der Waals surface area contributed by atoms with Crippen molar-refractivity contribution >= 4 is 39.5 Å². The van der Waals surface area contributed by atoms with Crippen LogP contribution in [0.4, 0.5) is 10.5 Å². The fraction of sp³-hybridized carbons (Fsp3) is 0.250. The molecule has 0 bridgehead atoms. The molecule has 1 aliphatic rings. The SMILES string of the molecule is CCOc1ccccc1NC(=O)CN1C(=O)N[C@](C)(c2ccccc2Br)C1=O. The molecular formula is C20H20BrN3O4. The molecule has 8 heteroatoms. The molecule has 1 heterocycles. The van der Waals surface area contributed by atoms with Crippen LogP contribution in [0.25, 0.3) is 0 Å². The Morgan fingerprint density at radius 2 is 1.86 bits per heavy atom. The van der Waals surface area contributed by atoms with Crippen LogP contribution in [-0.2, 0) is 15.1 Å². The van der Waals surface area contributed by atoms with E-state index >= 15 is 0 Å². The van der Waals surface area contributed by atoms with Gasteiger partial charge in [0.05, 0.1) is 12.3 Å². The van der Waals surface area contributed by atoms with Gasteiger partial charge in [0.2, 0.25) is 5.91 Å². The van der Waals surface area contributed by atoms with Gasteiger partial charge in [0.15, 0.2) is 0 Å². The molecule has 0 unspecified atom stereocenters. The predicted molar refractivity (Wildman–Crippen MR) is 108 cm³/mol. The Labute approximate surface area is 171 Å². The first-order valence-electron chi connectivity index (χ1n) is 8.77. The van der Waals surface area contributed by atoms with E-state index < -0.39 is 29.9 Å². The number of para-hydroxylation sites is 2. The standard InChI is InChI=1S/C20H20BrN3O4/c1-3-28-16-11-7-6-10-15(16)22-17(25)12-24-18(26)20(2,23-19(24)27)13-8-4-5-9-14(13)21/h4-11H,3,12H2,1-2H3,(H,22,25)(H,23,27)/t20-/m1/s1. The topological polar surface area (TPSA) is 87.7 Å². The number of rotatable bonds is 6. The van der Waals surface area contributed by atoms with Crippen LogP contribution in [0.15, 0.2) is 53.0 Å². The van der Waals surface area contributed by atoms with Gasteiger partial charge in [-0.05, 0) is 32.0 Å². The normalized spacial score (nSPS) is 18.8. The van der Waals surface area contributed by atoms with Crippen molar-refractivity contribution in [3.05, 3.63) is 58.6 Å². The van der Waals surface area contributed by atoms with Crippen LogP contribution in [-0.4, -0.2) is 35.9 Å². The molecule has 0 radical (unpaired) electrons. The van der Waals surface area contributed by atoms with E-state index in [0.29, 0.717) is 28.1 Å². The Hall–Kier alpha value is -2.87. The summed E-state index contributed by atoms with van der Waals surface area (Å²) in [6.07, 6.45) is 0. The fourth-order valence-electron chi connectivity index (χ4n) is 3.07. The summed E-state index contributed by atoms with van der Waals surface area (Å²) in [4.78, 5) is 38.8. The quantitative estimate of drug-likeness (QED) is 0.667. The Balaban J connectivity index is 1.76. The maximum atomic E-state index is 13.0. The van der Waals surface area contributed by atoms with Gasteiger partial charge in [-0.2, -0.15) is 0 Å². The molecule has 0 saturated carbocycles. The fourth-order valence-corrected chi connectivity index (χ4v) is 3.76. The number of ether oxygens (including phenoxy) is 1. The number of nitrogens with one attached hydrogen (secondary N) is 2. The molecule has 3 rings (SSSR count). The Morgan fingerprint density at radius 3 is 2.57 bits per heavy atom. The molecule has 1 aliphatic heterocycles. The monoisotopic (exact) mass is 445 g/mol. The first-order valence-corrected chi connectivity index (χ1v) is 9.57. The van der Waals surface area contributed by atoms with E-state index in [-0.39, 0.29) is 0 Å². The largest absolute Gasteiger partial charge is 0.492 e. The van der Waals surface area contributed by atoms with E-state index in [2.05, 4.69) is 26.6 Å². The molecule has 0 spiro atoms. The number of nitrogens with zero attached hydrogens (tertiary/aromatic N) is 1. The maximum absolute atomic E-state index is 13.0. The Bertz CT molecular complexity index is 933. The van der Waals surface area contributed by atoms with Crippen LogP contribution in [0.3, 0.4) is 0 Å². The minimum atomic E-state index is -1.25. The Kier molecular flexibility index (Phi) is 5.69. The van der Waals surface area contributed by atoms with Gasteiger partial charge in [0.25, 0.3) is 5.91 Å². The van der Waals surface area contributed by atoms with E-state index in [1.54, 1.807) is 49.4 Å². The predicted octanol–water partition coefficient (Wildman–Crippen LogP) is 3.25. The zero-order valence-electron chi connectivity index (χ0n) is 15.5. The number of anilines is 1. The summed E-state index contributed by atoms with van der Waals surface area (Å²) in [6, 6.07) is 13.5. The lowest BCUT2D eigenvalue weighted by molar-refractivity contribution is -0.133. The lowest BCUT2D eigenvalue weighted by Crippen LogP contribution is -2.42. The van der Waals surface area contributed by atoms with Gasteiger partial charge < -0.3 is 15.4 Å². The first kappa shape index (κ1) is 19.9. The van der Waals surface area contributed by atoms with E-state index in [1.165, 1.54) is 0 Å². The van der Waals surface area contributed by atoms with Gasteiger partial charge in [-0.15, -0.1) is 0 Å². The highest BCUT2D eigenvalue weighted by Crippen LogP contribution is 2.33. The van der Waals surface area contributed by atoms with Crippen molar-refractivity contribution in [2.75, 3.05) is 18.5 Å². The third kappa shape index (κ3) is 3.73. The summed E-state index contributed by atoms with van der Waals surface area (Å²) < 4.78 is 6.17. The summed E-state index contributed by atoms with van der Waals surface area (Å²) in [5.74, 6) is -0.460. The van der Waals surface area contributed by atoms with Gasteiger partial charge in [-0.3, -0.25) is 14.5 Å². The minimum absolute atomic E-state index is 0.398. The third-order valence-electron chi connectivity index (χ3n) is 4.45. The van der Waals surface area contributed by atoms with Crippen LogP contribution < -0.4 is 15.4 Å². The minimum Gasteiger partial charge on any atom is -0.492 e. The Morgan fingerprint density at radius 1 is 1.18 bits per heavy atom. The number of urea groups is 1. The van der Waals surface area contributed by atoms with Gasteiger partial charge in [0.1, 0.15) is 17.8 Å². The highest BCUT2D eigenvalue weighted by atomic mass is 79.9. The molecule has 2 N–H and O–H groups in total. The van der Waals surface area contributed by atoms with Gasteiger partial charge >= 0.3 is 6.03 Å². The lowest BCUT2D eigenvalue weighted by Gasteiger charge is -2.23. The molecule has 1 saturated heterocycles. The molecule has 2 aromatic rings. The summed E-state index contributed by atoms with van der Waals surface area (Å²) in [5.41, 5.74) is -0.145. The van der Waals surface area contributed by atoms with Crippen molar-refractivity contribution in [1.82, 2.24) is 10.2 Å². The zero-order chi connectivity index (χ0) is 20.3. The number of halogens is 1. The average Bonchev–Trinajstić information content (AvgIpc) is 2.88. The summed E-state index contributed by atoms with van der Waals surface area (Å²) in [7, 11) is 0. The number of hydrogen-bond donors (Lipinski definition) is 2. The highest BCUT2D eigenvalue weighted by Gasteiger charge is 2.50. The van der Waals surface area contributed by atoms with Crippen molar-refractivity contribution in [2.24, 2.45) is 0 Å². The van der Waals surface area contributed by atoms with E-state index in [1.807, 2.05) is 13.0 Å². The summed E-state index contributed by atoms with van der Waals surface area (Å²) >= 11 is 3.41. The molecule has 28 heavy (non-hydrogen) atoms. The molecule has 1 fully saturated rings. The number of carbonyl (C=O) groups excluding carboxylic acids is 3. The van der Waals surface area contributed by atoms with Gasteiger partial charge in [-0.25, -0.2) is 4.79 Å². The smallest absolute Gasteiger partial charge is 0.325 e. The number of benzene rings is 2. The second kappa shape index (κ2) is 8.02. The van der Waals surface area contributed by atoms with Crippen LogP contribution in [0, 0.1) is 0 Å². The van der Waals surface area contributed by atoms with E-state index in [4.69, 9.17) is 4.74 Å². The molecule has 2 aromatic carbocycles. The number of imide groups is 1. The third-order valence-corrected chi connectivity index (χ3v) is 5.14. The summed E-state index contributed by atoms with van der Waals surface area (Å²) in [5, 5.41) is 5.39. The zero-order valence-corrected chi connectivity index (χ0v) is 17.1. The average molecular weight is 446 g/mol. The van der Waals surface area contributed by atoms with Crippen LogP contribution in [0.2, 0.25) is 0 Å². The van der Waals surface area contributed by atoms with Gasteiger partial charge in [0, 0.05) is 10.0 Å². The van der Waals surface area contributed by atoms with E-state index in [9.17, 15) is 14.4 Å². The van der Waals surface area contributed by atoms with Crippen molar-refractivity contribution in [2.45, 2.75) is 19.4 Å². The lowest BCUT2D eigenvalue weighted by atomic mass is 9.92. The van der Waals surface area contributed by atoms with Crippen molar-refractivity contribution in [3.63, 3.8) is 0 Å². The highest BCUT2D eigenvalue weighted by molar-refractivity contribution is 9.10. The van der Waals surface area contributed by atoms with Gasteiger partial charge in [-0.1, -0.05) is 46.3 Å². The van der Waals surface area contributed by atoms with Crippen LogP contribution in [0.1, 0.15) is 19.4 Å². The molecule has 4 amide bonds. The number of carbonyl (C=O) groups is 3. The molecule has 146 valence electrons. The van der Waals surface area contributed by atoms with E-state index in [0.717, 1.165) is 4.90 Å². The number of hydrogen-bond acceptors (Lipinski definition) is 4. The molecule has 1 atom stereocenters. The molecular weight excluding hydrogens is 426 g/mol. The second-order valence-corrected chi connectivity index (χ2v) is 7.26.